The number of fused-ring (bicyclic) bond motifs is 2. The summed E-state index contributed by atoms with van der Waals surface area (Å²) in [5.41, 5.74) is 1.92. The average molecular weight is 438 g/mol. The topological polar surface area (TPSA) is 101 Å². The molecule has 0 aliphatic carbocycles. The summed E-state index contributed by atoms with van der Waals surface area (Å²) in [6, 6.07) is 20.2. The van der Waals surface area contributed by atoms with Crippen molar-refractivity contribution < 1.29 is 14.4 Å². The third-order valence-corrected chi connectivity index (χ3v) is 5.49. The summed E-state index contributed by atoms with van der Waals surface area (Å²) >= 11 is 0. The summed E-state index contributed by atoms with van der Waals surface area (Å²) in [5, 5.41) is 3.25. The van der Waals surface area contributed by atoms with E-state index in [-0.39, 0.29) is 24.4 Å². The summed E-state index contributed by atoms with van der Waals surface area (Å²) in [5.74, 6) is -1.11. The molecule has 1 aliphatic rings. The van der Waals surface area contributed by atoms with Gasteiger partial charge in [0, 0.05) is 18.7 Å². The number of rotatable bonds is 5. The molecule has 3 amide bonds. The number of imide groups is 1. The predicted octanol–water partition coefficient (Wildman–Crippen LogP) is 3.23. The van der Waals surface area contributed by atoms with Crippen LogP contribution in [0.1, 0.15) is 27.1 Å². The van der Waals surface area contributed by atoms with Gasteiger partial charge in [-0.15, -0.1) is 0 Å². The van der Waals surface area contributed by atoms with Crippen LogP contribution >= 0.6 is 0 Å². The lowest BCUT2D eigenvalue weighted by Gasteiger charge is -2.15. The van der Waals surface area contributed by atoms with Crippen molar-refractivity contribution in [2.24, 2.45) is 0 Å². The van der Waals surface area contributed by atoms with Gasteiger partial charge in [-0.1, -0.05) is 30.3 Å². The van der Waals surface area contributed by atoms with E-state index in [4.69, 9.17) is 0 Å². The van der Waals surface area contributed by atoms with Gasteiger partial charge in [0.15, 0.2) is 0 Å². The van der Waals surface area contributed by atoms with Crippen molar-refractivity contribution in [1.29, 1.82) is 0 Å². The molecule has 1 aliphatic heterocycles. The minimum absolute atomic E-state index is 0.0527. The highest BCUT2D eigenvalue weighted by molar-refractivity contribution is 6.34. The van der Waals surface area contributed by atoms with E-state index in [9.17, 15) is 19.2 Å². The van der Waals surface area contributed by atoms with Gasteiger partial charge in [0.2, 0.25) is 5.91 Å². The van der Waals surface area contributed by atoms with Gasteiger partial charge >= 0.3 is 0 Å². The van der Waals surface area contributed by atoms with E-state index in [1.807, 2.05) is 6.07 Å². The number of carbonyl (C=O) groups excluding carboxylic acids is 3. The number of anilines is 2. The molecule has 1 aromatic heterocycles. The number of amides is 3. The molecule has 162 valence electrons. The van der Waals surface area contributed by atoms with Gasteiger partial charge in [0.05, 0.1) is 34.0 Å². The van der Waals surface area contributed by atoms with Crippen molar-refractivity contribution in [2.45, 2.75) is 13.0 Å². The largest absolute Gasteiger partial charge is 0.326 e. The van der Waals surface area contributed by atoms with Crippen LogP contribution in [-0.2, 0) is 11.3 Å². The number of aromatic nitrogens is 2. The van der Waals surface area contributed by atoms with Crippen LogP contribution in [0.25, 0.3) is 10.9 Å². The van der Waals surface area contributed by atoms with Gasteiger partial charge in [0.1, 0.15) is 0 Å². The van der Waals surface area contributed by atoms with Crippen LogP contribution in [0.5, 0.6) is 0 Å². The molecule has 0 saturated heterocycles. The van der Waals surface area contributed by atoms with E-state index in [1.54, 1.807) is 66.7 Å². The van der Waals surface area contributed by atoms with Crippen molar-refractivity contribution >= 4 is 40.0 Å². The zero-order chi connectivity index (χ0) is 22.9. The molecule has 1 N–H and O–H groups in total. The molecule has 8 heteroatoms. The van der Waals surface area contributed by atoms with Gasteiger partial charge in [-0.2, -0.15) is 0 Å². The van der Waals surface area contributed by atoms with Crippen LogP contribution in [0.4, 0.5) is 11.4 Å². The molecule has 0 saturated carbocycles. The molecular weight excluding hydrogens is 420 g/mol. The Morgan fingerprint density at radius 3 is 2.30 bits per heavy atom. The third kappa shape index (κ3) is 3.67. The first-order chi connectivity index (χ1) is 16.0. The third-order valence-electron chi connectivity index (χ3n) is 5.49. The summed E-state index contributed by atoms with van der Waals surface area (Å²) < 4.78 is 1.40. The Labute approximate surface area is 188 Å². The maximum absolute atomic E-state index is 12.7. The molecule has 0 fully saturated rings. The van der Waals surface area contributed by atoms with Crippen LogP contribution in [0.3, 0.4) is 0 Å². The summed E-state index contributed by atoms with van der Waals surface area (Å²) in [4.78, 5) is 55.8. The second kappa shape index (κ2) is 8.16. The lowest BCUT2D eigenvalue weighted by atomic mass is 10.1. The Morgan fingerprint density at radius 1 is 0.848 bits per heavy atom. The van der Waals surface area contributed by atoms with E-state index >= 15 is 0 Å². The van der Waals surface area contributed by atoms with Crippen molar-refractivity contribution in [3.8, 4) is 0 Å². The van der Waals surface area contributed by atoms with Gasteiger partial charge in [-0.25, -0.2) is 9.88 Å². The molecule has 2 heterocycles. The van der Waals surface area contributed by atoms with Gasteiger partial charge in [-0.05, 0) is 42.5 Å². The molecule has 0 spiro atoms. The number of benzene rings is 3. The van der Waals surface area contributed by atoms with E-state index in [1.165, 1.54) is 10.9 Å². The van der Waals surface area contributed by atoms with Crippen LogP contribution in [-0.4, -0.2) is 27.3 Å². The fraction of sp³-hybridized carbons (Fsp3) is 0.0800. The number of para-hydroxylation sites is 1. The van der Waals surface area contributed by atoms with Gasteiger partial charge in [0.25, 0.3) is 17.4 Å². The fourth-order valence-corrected chi connectivity index (χ4v) is 3.86. The van der Waals surface area contributed by atoms with Crippen LogP contribution in [0.2, 0.25) is 0 Å². The molecule has 8 nitrogen and oxygen atoms in total. The second-order valence-electron chi connectivity index (χ2n) is 7.60. The first-order valence-corrected chi connectivity index (χ1v) is 10.3. The SMILES string of the molecule is O=C(CCn1cnc2ccccc2c1=O)Nc1cccc(N2C(=O)c3ccccc3C2=O)c1. The highest BCUT2D eigenvalue weighted by Crippen LogP contribution is 2.29. The number of nitrogens with zero attached hydrogens (tertiary/aromatic N) is 3. The normalized spacial score (nSPS) is 12.8. The highest BCUT2D eigenvalue weighted by atomic mass is 16.2. The monoisotopic (exact) mass is 438 g/mol. The number of carbonyl (C=O) groups is 3. The Balaban J connectivity index is 1.29. The minimum Gasteiger partial charge on any atom is -0.326 e. The number of aryl methyl sites for hydroxylation is 1. The van der Waals surface area contributed by atoms with Crippen LogP contribution in [0.15, 0.2) is 83.9 Å². The Hall–Kier alpha value is -4.59. The predicted molar refractivity (Wildman–Crippen MR) is 123 cm³/mol. The standard InChI is InChI=1S/C25H18N4O4/c30-22(12-13-28-15-26-21-11-4-3-10-20(21)23(28)31)27-16-6-5-7-17(14-16)29-24(32)18-8-1-2-9-19(18)25(29)33/h1-11,14-15H,12-13H2,(H,27,30). The van der Waals surface area contributed by atoms with Crippen LogP contribution in [0, 0.1) is 0 Å². The summed E-state index contributed by atoms with van der Waals surface area (Å²) in [6.45, 7) is 0.167. The maximum Gasteiger partial charge on any atom is 0.266 e. The molecule has 4 aromatic rings. The zero-order valence-electron chi connectivity index (χ0n) is 17.4. The minimum atomic E-state index is -0.401. The maximum atomic E-state index is 12.7. The average Bonchev–Trinajstić information content (AvgIpc) is 3.09. The van der Waals surface area contributed by atoms with E-state index in [0.29, 0.717) is 33.4 Å². The Kier molecular flexibility index (Phi) is 5.02. The second-order valence-corrected chi connectivity index (χ2v) is 7.60. The van der Waals surface area contributed by atoms with E-state index in [0.717, 1.165) is 4.90 Å². The molecule has 0 unspecified atom stereocenters. The number of nitrogens with one attached hydrogen (secondary N) is 1. The van der Waals surface area contributed by atoms with Crippen molar-refractivity contribution in [3.05, 3.63) is 101 Å². The lowest BCUT2D eigenvalue weighted by molar-refractivity contribution is -0.116. The van der Waals surface area contributed by atoms with Gasteiger partial charge < -0.3 is 5.32 Å². The zero-order valence-corrected chi connectivity index (χ0v) is 17.4. The fourth-order valence-electron chi connectivity index (χ4n) is 3.86. The highest BCUT2D eigenvalue weighted by Gasteiger charge is 2.36. The van der Waals surface area contributed by atoms with Crippen molar-refractivity contribution in [1.82, 2.24) is 9.55 Å². The van der Waals surface area contributed by atoms with Crippen molar-refractivity contribution in [3.63, 3.8) is 0 Å². The lowest BCUT2D eigenvalue weighted by Crippen LogP contribution is -2.29. The van der Waals surface area contributed by atoms with Gasteiger partial charge in [-0.3, -0.25) is 23.7 Å². The molecular formula is C25H18N4O4. The summed E-state index contributed by atoms with van der Waals surface area (Å²) in [6.07, 6.45) is 1.48. The van der Waals surface area contributed by atoms with Crippen molar-refractivity contribution in [2.75, 3.05) is 10.2 Å². The first kappa shape index (κ1) is 20.3. The smallest absolute Gasteiger partial charge is 0.266 e. The molecule has 0 radical (unpaired) electrons. The first-order valence-electron chi connectivity index (χ1n) is 10.3. The number of hydrogen-bond acceptors (Lipinski definition) is 5. The number of hydrogen-bond donors (Lipinski definition) is 1. The Morgan fingerprint density at radius 2 is 1.55 bits per heavy atom. The van der Waals surface area contributed by atoms with E-state index < -0.39 is 11.8 Å². The summed E-state index contributed by atoms with van der Waals surface area (Å²) in [7, 11) is 0. The van der Waals surface area contributed by atoms with E-state index in [2.05, 4.69) is 10.3 Å². The quantitative estimate of drug-likeness (QED) is 0.482. The molecule has 5 rings (SSSR count). The molecule has 33 heavy (non-hydrogen) atoms. The Bertz CT molecular complexity index is 1460. The molecule has 3 aromatic carbocycles. The molecule has 0 atom stereocenters. The molecule has 0 bridgehead atoms. The van der Waals surface area contributed by atoms with Crippen LogP contribution < -0.4 is 15.8 Å².